The van der Waals surface area contributed by atoms with Gasteiger partial charge in [-0.25, -0.2) is 4.99 Å². The number of rotatable bonds is 8. The molecule has 7 heteroatoms. The lowest BCUT2D eigenvalue weighted by atomic mass is 10.2. The van der Waals surface area contributed by atoms with E-state index in [9.17, 15) is 4.79 Å². The van der Waals surface area contributed by atoms with Gasteiger partial charge in [-0.3, -0.25) is 4.79 Å². The Balaban J connectivity index is 2.00. The molecule has 1 aromatic heterocycles. The first-order valence-corrected chi connectivity index (χ1v) is 10.2. The highest BCUT2D eigenvalue weighted by atomic mass is 32.2. The van der Waals surface area contributed by atoms with Crippen LogP contribution in [-0.4, -0.2) is 36.0 Å². The fourth-order valence-corrected chi connectivity index (χ4v) is 2.45. The first-order chi connectivity index (χ1) is 12.9. The number of hydrogen-bond donors (Lipinski definition) is 3. The summed E-state index contributed by atoms with van der Waals surface area (Å²) in [5, 5.41) is 9.48. The third kappa shape index (κ3) is 7.02. The minimum atomic E-state index is -0.269. The number of hydrogen-bond acceptors (Lipinski definition) is 4. The number of benzene rings is 1. The van der Waals surface area contributed by atoms with Gasteiger partial charge in [0.25, 0.3) is 5.91 Å². The van der Waals surface area contributed by atoms with E-state index in [1.165, 1.54) is 6.26 Å². The molecule has 0 fully saturated rings. The van der Waals surface area contributed by atoms with Crippen molar-refractivity contribution in [2.24, 2.45) is 4.99 Å². The summed E-state index contributed by atoms with van der Waals surface area (Å²) >= 11 is 1.81. The molecule has 27 heavy (non-hydrogen) atoms. The summed E-state index contributed by atoms with van der Waals surface area (Å²) in [5.41, 5.74) is 1.72. The molecule has 0 radical (unpaired) electrons. The molecule has 0 spiro atoms. The second-order valence-electron chi connectivity index (χ2n) is 6.64. The van der Waals surface area contributed by atoms with E-state index in [-0.39, 0.29) is 16.4 Å². The van der Waals surface area contributed by atoms with Gasteiger partial charge in [-0.2, -0.15) is 11.8 Å². The Morgan fingerprint density at radius 2 is 2.04 bits per heavy atom. The maximum Gasteiger partial charge on any atom is 0.291 e. The van der Waals surface area contributed by atoms with Gasteiger partial charge in [0.15, 0.2) is 11.7 Å². The summed E-state index contributed by atoms with van der Waals surface area (Å²) in [6.45, 7) is 8.56. The molecule has 1 amide bonds. The number of guanidine groups is 1. The van der Waals surface area contributed by atoms with Gasteiger partial charge in [0.2, 0.25) is 0 Å². The van der Waals surface area contributed by atoms with Crippen molar-refractivity contribution in [2.45, 2.75) is 32.1 Å². The van der Waals surface area contributed by atoms with Crippen LogP contribution in [0.25, 0.3) is 0 Å². The van der Waals surface area contributed by atoms with E-state index >= 15 is 0 Å². The van der Waals surface area contributed by atoms with Crippen molar-refractivity contribution in [3.63, 3.8) is 0 Å². The molecular formula is C20H28N4O2S. The highest BCUT2D eigenvalue weighted by Gasteiger charge is 2.16. The van der Waals surface area contributed by atoms with E-state index in [0.717, 1.165) is 24.6 Å². The van der Waals surface area contributed by atoms with Crippen molar-refractivity contribution in [1.29, 1.82) is 0 Å². The predicted molar refractivity (Wildman–Crippen MR) is 114 cm³/mol. The number of furan rings is 1. The van der Waals surface area contributed by atoms with E-state index in [4.69, 9.17) is 4.42 Å². The average molecular weight is 389 g/mol. The van der Waals surface area contributed by atoms with Gasteiger partial charge in [-0.05, 0) is 56.9 Å². The predicted octanol–water partition coefficient (Wildman–Crippen LogP) is 3.73. The third-order valence-electron chi connectivity index (χ3n) is 3.93. The number of anilines is 1. The van der Waals surface area contributed by atoms with Gasteiger partial charge in [0, 0.05) is 23.5 Å². The standard InChI is InChI=1S/C20H28N4O2S/c1-5-21-19(23-14-20(2,3)27-4)22-13-15-8-6-9-16(12-15)24-18(25)17-10-7-11-26-17/h6-12H,5,13-14H2,1-4H3,(H,24,25)(H2,21,22,23). The number of carbonyl (C=O) groups excluding carboxylic acids is 1. The summed E-state index contributed by atoms with van der Waals surface area (Å²) in [5.74, 6) is 0.799. The molecule has 146 valence electrons. The zero-order valence-corrected chi connectivity index (χ0v) is 17.2. The minimum absolute atomic E-state index is 0.131. The maximum atomic E-state index is 12.1. The van der Waals surface area contributed by atoms with Gasteiger partial charge in [0.1, 0.15) is 0 Å². The molecule has 6 nitrogen and oxygen atoms in total. The molecule has 2 rings (SSSR count). The number of thioether (sulfide) groups is 1. The minimum Gasteiger partial charge on any atom is -0.459 e. The normalized spacial score (nSPS) is 11.9. The summed E-state index contributed by atoms with van der Waals surface area (Å²) in [4.78, 5) is 16.7. The molecule has 1 aromatic carbocycles. The molecular weight excluding hydrogens is 360 g/mol. The van der Waals surface area contributed by atoms with Crippen LogP contribution in [0.3, 0.4) is 0 Å². The van der Waals surface area contributed by atoms with Crippen LogP contribution < -0.4 is 16.0 Å². The van der Waals surface area contributed by atoms with Gasteiger partial charge < -0.3 is 20.4 Å². The van der Waals surface area contributed by atoms with Crippen molar-refractivity contribution >= 4 is 29.3 Å². The molecule has 0 saturated carbocycles. The molecule has 2 aromatic rings. The summed E-state index contributed by atoms with van der Waals surface area (Å²) in [6, 6.07) is 11.0. The van der Waals surface area contributed by atoms with Crippen molar-refractivity contribution in [1.82, 2.24) is 10.6 Å². The molecule has 0 bridgehead atoms. The molecule has 0 atom stereocenters. The molecule has 3 N–H and O–H groups in total. The molecule has 0 aliphatic carbocycles. The Bertz CT molecular complexity index is 757. The lowest BCUT2D eigenvalue weighted by Crippen LogP contribution is -2.43. The van der Waals surface area contributed by atoms with E-state index < -0.39 is 0 Å². The number of amides is 1. The van der Waals surface area contributed by atoms with Crippen LogP contribution in [0.4, 0.5) is 5.69 Å². The average Bonchev–Trinajstić information content (AvgIpc) is 3.19. The fourth-order valence-electron chi connectivity index (χ4n) is 2.23. The largest absolute Gasteiger partial charge is 0.459 e. The Hall–Kier alpha value is -2.41. The molecule has 0 saturated heterocycles. The van der Waals surface area contributed by atoms with Crippen LogP contribution in [0.2, 0.25) is 0 Å². The number of aliphatic imine (C=N–C) groups is 1. The monoisotopic (exact) mass is 388 g/mol. The third-order valence-corrected chi connectivity index (χ3v) is 5.18. The van der Waals surface area contributed by atoms with Gasteiger partial charge in [-0.15, -0.1) is 0 Å². The fraction of sp³-hybridized carbons (Fsp3) is 0.400. The quantitative estimate of drug-likeness (QED) is 0.474. The number of nitrogens with one attached hydrogen (secondary N) is 3. The van der Waals surface area contributed by atoms with Crippen LogP contribution in [0, 0.1) is 0 Å². The van der Waals surface area contributed by atoms with E-state index in [1.807, 2.05) is 43.0 Å². The highest BCUT2D eigenvalue weighted by molar-refractivity contribution is 7.99. The molecule has 0 aliphatic rings. The SMILES string of the molecule is CCNC(=NCc1cccc(NC(=O)c2ccco2)c1)NCC(C)(C)SC. The van der Waals surface area contributed by atoms with Crippen LogP contribution >= 0.6 is 11.8 Å². The van der Waals surface area contributed by atoms with Crippen molar-refractivity contribution in [3.8, 4) is 0 Å². The van der Waals surface area contributed by atoms with Crippen molar-refractivity contribution in [3.05, 3.63) is 54.0 Å². The topological polar surface area (TPSA) is 78.7 Å². The van der Waals surface area contributed by atoms with E-state index in [1.54, 1.807) is 12.1 Å². The first-order valence-electron chi connectivity index (χ1n) is 8.94. The van der Waals surface area contributed by atoms with Gasteiger partial charge in [0.05, 0.1) is 12.8 Å². The Morgan fingerprint density at radius 3 is 2.70 bits per heavy atom. The Kier molecular flexibility index (Phi) is 7.79. The maximum absolute atomic E-state index is 12.1. The Labute approximate surface area is 165 Å². The van der Waals surface area contributed by atoms with Gasteiger partial charge >= 0.3 is 0 Å². The van der Waals surface area contributed by atoms with Crippen molar-refractivity contribution < 1.29 is 9.21 Å². The highest BCUT2D eigenvalue weighted by Crippen LogP contribution is 2.19. The molecule has 0 unspecified atom stereocenters. The van der Waals surface area contributed by atoms with Crippen molar-refractivity contribution in [2.75, 3.05) is 24.7 Å². The summed E-state index contributed by atoms with van der Waals surface area (Å²) in [6.07, 6.45) is 3.59. The summed E-state index contributed by atoms with van der Waals surface area (Å²) in [7, 11) is 0. The zero-order chi connectivity index (χ0) is 19.7. The zero-order valence-electron chi connectivity index (χ0n) is 16.3. The molecule has 0 aliphatic heterocycles. The number of carbonyl (C=O) groups is 1. The van der Waals surface area contributed by atoms with Crippen LogP contribution in [0.1, 0.15) is 36.9 Å². The van der Waals surface area contributed by atoms with E-state index in [2.05, 4.69) is 41.0 Å². The molecule has 1 heterocycles. The smallest absolute Gasteiger partial charge is 0.291 e. The lowest BCUT2D eigenvalue weighted by molar-refractivity contribution is 0.0996. The summed E-state index contributed by atoms with van der Waals surface area (Å²) < 4.78 is 5.25. The lowest BCUT2D eigenvalue weighted by Gasteiger charge is -2.23. The Morgan fingerprint density at radius 1 is 1.22 bits per heavy atom. The number of nitrogens with zero attached hydrogens (tertiary/aromatic N) is 1. The van der Waals surface area contributed by atoms with Gasteiger partial charge in [-0.1, -0.05) is 12.1 Å². The van der Waals surface area contributed by atoms with E-state index in [0.29, 0.717) is 12.2 Å². The first kappa shape index (κ1) is 20.9. The van der Waals surface area contributed by atoms with Crippen LogP contribution in [-0.2, 0) is 6.54 Å². The second-order valence-corrected chi connectivity index (χ2v) is 8.16. The van der Waals surface area contributed by atoms with Crippen LogP contribution in [0.15, 0.2) is 52.1 Å². The second kappa shape index (κ2) is 10.1. The van der Waals surface area contributed by atoms with Crippen LogP contribution in [0.5, 0.6) is 0 Å².